The molecule has 1 aliphatic carbocycles. The highest BCUT2D eigenvalue weighted by atomic mass is 127. The van der Waals surface area contributed by atoms with Gasteiger partial charge >= 0.3 is 5.69 Å². The fraction of sp³-hybridized carbons (Fsp3) is 0.500. The molecule has 0 amide bonds. The van der Waals surface area contributed by atoms with Crippen LogP contribution in [-0.4, -0.2) is 31.7 Å². The summed E-state index contributed by atoms with van der Waals surface area (Å²) in [4.78, 5) is 26.8. The van der Waals surface area contributed by atoms with E-state index in [1.807, 2.05) is 20.8 Å². The van der Waals surface area contributed by atoms with E-state index in [0.717, 1.165) is 23.8 Å². The van der Waals surface area contributed by atoms with E-state index in [4.69, 9.17) is 4.52 Å². The summed E-state index contributed by atoms with van der Waals surface area (Å²) < 4.78 is 36.2. The van der Waals surface area contributed by atoms with Crippen molar-refractivity contribution in [1.29, 1.82) is 0 Å². The van der Waals surface area contributed by atoms with Crippen LogP contribution < -0.4 is 16.0 Å². The van der Waals surface area contributed by atoms with Gasteiger partial charge in [-0.3, -0.25) is 13.9 Å². The first kappa shape index (κ1) is 24.1. The van der Waals surface area contributed by atoms with E-state index < -0.39 is 26.8 Å². The number of aromatic nitrogens is 3. The summed E-state index contributed by atoms with van der Waals surface area (Å²) in [6.07, 6.45) is 2.35. The molecule has 0 spiro atoms. The predicted octanol–water partition coefficient (Wildman–Crippen LogP) is 2.94. The van der Waals surface area contributed by atoms with Gasteiger partial charge in [0, 0.05) is 21.6 Å². The van der Waals surface area contributed by atoms with E-state index >= 15 is 0 Å². The third-order valence-electron chi connectivity index (χ3n) is 6.10. The van der Waals surface area contributed by atoms with Crippen molar-refractivity contribution < 1.29 is 12.9 Å². The van der Waals surface area contributed by atoms with Gasteiger partial charge in [0.25, 0.3) is 5.56 Å². The maximum atomic E-state index is 13.4. The molecule has 33 heavy (non-hydrogen) atoms. The molecule has 0 saturated heterocycles. The second-order valence-electron chi connectivity index (χ2n) is 9.31. The summed E-state index contributed by atoms with van der Waals surface area (Å²) in [7, 11) is -3.81. The Balaban J connectivity index is 1.92. The van der Waals surface area contributed by atoms with Crippen LogP contribution >= 0.6 is 22.6 Å². The Morgan fingerprint density at radius 3 is 2.52 bits per heavy atom. The van der Waals surface area contributed by atoms with Crippen molar-refractivity contribution in [1.82, 2.24) is 19.0 Å². The Kier molecular flexibility index (Phi) is 6.11. The van der Waals surface area contributed by atoms with Crippen LogP contribution in [0.15, 0.2) is 43.3 Å². The normalized spacial score (nSPS) is 17.2. The number of fused-ring (bicyclic) bond motifs is 1. The van der Waals surface area contributed by atoms with E-state index in [-0.39, 0.29) is 20.2 Å². The lowest BCUT2D eigenvalue weighted by Gasteiger charge is -2.24. The molecule has 0 bridgehead atoms. The van der Waals surface area contributed by atoms with Crippen molar-refractivity contribution in [3.05, 3.63) is 56.6 Å². The number of halogens is 1. The van der Waals surface area contributed by atoms with Gasteiger partial charge in [-0.25, -0.2) is 17.9 Å². The minimum Gasteiger partial charge on any atom is -0.359 e. The maximum Gasteiger partial charge on any atom is 0.331 e. The highest BCUT2D eigenvalue weighted by molar-refractivity contribution is 14.1. The monoisotopic (exact) mass is 586 g/mol. The van der Waals surface area contributed by atoms with E-state index in [9.17, 15) is 18.0 Å². The van der Waals surface area contributed by atoms with Gasteiger partial charge in [-0.05, 0) is 58.2 Å². The zero-order valence-corrected chi connectivity index (χ0v) is 22.0. The van der Waals surface area contributed by atoms with Crippen LogP contribution in [0.2, 0.25) is 0 Å². The van der Waals surface area contributed by atoms with Crippen LogP contribution in [-0.2, 0) is 23.1 Å². The molecule has 2 heterocycles. The number of alkyl halides is 1. The Hall–Kier alpha value is -1.99. The summed E-state index contributed by atoms with van der Waals surface area (Å²) in [6.45, 7) is 7.93. The summed E-state index contributed by atoms with van der Waals surface area (Å²) in [6, 6.07) is 6.02. The minimum atomic E-state index is -3.81. The SMILES string of the molecule is CC[C@@](C)(I)Cn1c(=O)n(Cc2cc(C)no2)c(=O)c2cc(S(=O)(=O)NC3(C)CC3)ccc21. The van der Waals surface area contributed by atoms with Gasteiger partial charge in [-0.2, -0.15) is 0 Å². The Morgan fingerprint density at radius 2 is 1.94 bits per heavy atom. The second kappa shape index (κ2) is 8.35. The molecule has 1 fully saturated rings. The predicted molar refractivity (Wildman–Crippen MR) is 133 cm³/mol. The average Bonchev–Trinajstić information content (AvgIpc) is 3.31. The van der Waals surface area contributed by atoms with Crippen LogP contribution in [0.4, 0.5) is 0 Å². The van der Waals surface area contributed by atoms with Crippen molar-refractivity contribution in [3.8, 4) is 0 Å². The van der Waals surface area contributed by atoms with Gasteiger partial charge in [-0.15, -0.1) is 0 Å². The Bertz CT molecular complexity index is 1450. The number of benzene rings is 1. The molecule has 178 valence electrons. The number of nitrogens with zero attached hydrogens (tertiary/aromatic N) is 3. The van der Waals surface area contributed by atoms with Gasteiger partial charge in [0.15, 0.2) is 5.76 Å². The van der Waals surface area contributed by atoms with E-state index in [2.05, 4.69) is 32.5 Å². The molecule has 1 atom stereocenters. The number of rotatable bonds is 8. The summed E-state index contributed by atoms with van der Waals surface area (Å²) >= 11 is 2.30. The number of hydrogen-bond acceptors (Lipinski definition) is 6. The first-order chi connectivity index (χ1) is 15.3. The molecule has 3 aromatic rings. The van der Waals surface area contributed by atoms with Crippen molar-refractivity contribution in [2.24, 2.45) is 0 Å². The Labute approximate surface area is 205 Å². The van der Waals surface area contributed by atoms with Gasteiger partial charge in [0.1, 0.15) is 0 Å². The van der Waals surface area contributed by atoms with Crippen molar-refractivity contribution in [2.75, 3.05) is 0 Å². The van der Waals surface area contributed by atoms with Crippen LogP contribution in [0.5, 0.6) is 0 Å². The largest absolute Gasteiger partial charge is 0.359 e. The molecular formula is C22H27IN4O5S. The van der Waals surface area contributed by atoms with Gasteiger partial charge in [0.2, 0.25) is 10.0 Å². The molecular weight excluding hydrogens is 559 g/mol. The van der Waals surface area contributed by atoms with Gasteiger partial charge in [0.05, 0.1) is 28.0 Å². The van der Waals surface area contributed by atoms with Crippen molar-refractivity contribution in [3.63, 3.8) is 0 Å². The molecule has 2 aromatic heterocycles. The van der Waals surface area contributed by atoms with Crippen molar-refractivity contribution in [2.45, 2.75) is 73.9 Å². The molecule has 1 N–H and O–H groups in total. The third-order valence-corrected chi connectivity index (χ3v) is 8.84. The molecule has 1 aliphatic rings. The summed E-state index contributed by atoms with van der Waals surface area (Å²) in [5.74, 6) is 0.373. The average molecular weight is 586 g/mol. The van der Waals surface area contributed by atoms with Crippen LogP contribution in [0.3, 0.4) is 0 Å². The fourth-order valence-corrected chi connectivity index (χ4v) is 5.46. The summed E-state index contributed by atoms with van der Waals surface area (Å²) in [5.41, 5.74) is -0.444. The van der Waals surface area contributed by atoms with E-state index in [0.29, 0.717) is 23.5 Å². The van der Waals surface area contributed by atoms with Crippen LogP contribution in [0, 0.1) is 6.92 Å². The Morgan fingerprint density at radius 1 is 1.24 bits per heavy atom. The molecule has 4 rings (SSSR count). The van der Waals surface area contributed by atoms with E-state index in [1.54, 1.807) is 23.6 Å². The van der Waals surface area contributed by atoms with Gasteiger partial charge < -0.3 is 4.52 Å². The zero-order chi connectivity index (χ0) is 24.2. The lowest BCUT2D eigenvalue weighted by molar-refractivity contribution is 0.367. The topological polar surface area (TPSA) is 116 Å². The lowest BCUT2D eigenvalue weighted by atomic mass is 10.1. The standard InChI is InChI=1S/C22H27IN4O5S/c1-5-21(3,23)13-27-18-7-6-16(33(30,31)25-22(4)8-9-22)11-17(18)19(28)26(20(27)29)12-15-10-14(2)24-32-15/h6-7,10-11,25H,5,8-9,12-13H2,1-4H3/t21-/m1/s1. The molecule has 1 aromatic carbocycles. The molecule has 1 saturated carbocycles. The number of hydrogen-bond donors (Lipinski definition) is 1. The van der Waals surface area contributed by atoms with E-state index in [1.165, 1.54) is 12.1 Å². The molecule has 0 unspecified atom stereocenters. The maximum absolute atomic E-state index is 13.4. The molecule has 11 heteroatoms. The first-order valence-corrected chi connectivity index (χ1v) is 13.3. The summed E-state index contributed by atoms with van der Waals surface area (Å²) in [5, 5.41) is 3.99. The van der Waals surface area contributed by atoms with Crippen LogP contribution in [0.1, 0.15) is 51.5 Å². The molecule has 0 radical (unpaired) electrons. The highest BCUT2D eigenvalue weighted by Crippen LogP contribution is 2.36. The third kappa shape index (κ3) is 4.94. The number of sulfonamides is 1. The zero-order valence-electron chi connectivity index (χ0n) is 19.0. The molecule has 9 nitrogen and oxygen atoms in total. The minimum absolute atomic E-state index is 0.000195. The van der Waals surface area contributed by atoms with Crippen LogP contribution in [0.25, 0.3) is 10.9 Å². The first-order valence-electron chi connectivity index (χ1n) is 10.8. The number of nitrogens with one attached hydrogen (secondary N) is 1. The second-order valence-corrected chi connectivity index (χ2v) is 13.6. The molecule has 0 aliphatic heterocycles. The number of aryl methyl sites for hydroxylation is 1. The van der Waals surface area contributed by atoms with Gasteiger partial charge in [-0.1, -0.05) is 34.7 Å². The quantitative estimate of drug-likeness (QED) is 0.321. The lowest BCUT2D eigenvalue weighted by Crippen LogP contribution is -2.43. The fourth-order valence-electron chi connectivity index (χ4n) is 3.62. The van der Waals surface area contributed by atoms with Crippen molar-refractivity contribution >= 4 is 43.5 Å². The highest BCUT2D eigenvalue weighted by Gasteiger charge is 2.41. The smallest absolute Gasteiger partial charge is 0.331 e.